The van der Waals surface area contributed by atoms with Gasteiger partial charge in [0.05, 0.1) is 30.1 Å². The van der Waals surface area contributed by atoms with Crippen LogP contribution in [0.1, 0.15) is 0 Å². The lowest BCUT2D eigenvalue weighted by molar-refractivity contribution is 0.0398. The molecule has 3 heterocycles. The standard InChI is InChI=1S/C20H21BrN4O/c21-16-5-3-15(4-6-16)18-14-19(20-17(24-18)2-1-7-23-20)22-8-9-25-10-12-26-13-11-25/h1-7,14H,8-13H2,(H,22,24). The highest BCUT2D eigenvalue weighted by Crippen LogP contribution is 2.27. The molecule has 3 aromatic rings. The van der Waals surface area contributed by atoms with E-state index < -0.39 is 0 Å². The maximum Gasteiger partial charge on any atom is 0.112 e. The molecule has 2 aromatic heterocycles. The van der Waals surface area contributed by atoms with E-state index in [2.05, 4.69) is 49.3 Å². The second-order valence-corrected chi connectivity index (χ2v) is 7.23. The maximum absolute atomic E-state index is 5.41. The van der Waals surface area contributed by atoms with Gasteiger partial charge in [-0.1, -0.05) is 28.1 Å². The average molecular weight is 413 g/mol. The molecule has 26 heavy (non-hydrogen) atoms. The Labute approximate surface area is 161 Å². The van der Waals surface area contributed by atoms with Crippen molar-refractivity contribution in [3.8, 4) is 11.3 Å². The van der Waals surface area contributed by atoms with Crippen LogP contribution in [0.5, 0.6) is 0 Å². The Bertz CT molecular complexity index is 879. The normalized spacial score (nSPS) is 15.3. The first-order valence-corrected chi connectivity index (χ1v) is 9.64. The van der Waals surface area contributed by atoms with Crippen molar-refractivity contribution >= 4 is 32.7 Å². The average Bonchev–Trinajstić information content (AvgIpc) is 2.69. The zero-order valence-electron chi connectivity index (χ0n) is 14.5. The number of pyridine rings is 2. The topological polar surface area (TPSA) is 50.3 Å². The Morgan fingerprint density at radius 1 is 1.12 bits per heavy atom. The van der Waals surface area contributed by atoms with E-state index in [0.29, 0.717) is 0 Å². The van der Waals surface area contributed by atoms with Crippen LogP contribution in [0.3, 0.4) is 0 Å². The Morgan fingerprint density at radius 3 is 2.73 bits per heavy atom. The Balaban J connectivity index is 1.58. The summed E-state index contributed by atoms with van der Waals surface area (Å²) in [6.45, 7) is 5.52. The van der Waals surface area contributed by atoms with E-state index in [0.717, 1.165) is 71.8 Å². The first-order valence-electron chi connectivity index (χ1n) is 8.85. The van der Waals surface area contributed by atoms with E-state index in [1.165, 1.54) is 0 Å². The summed E-state index contributed by atoms with van der Waals surface area (Å²) in [5.41, 5.74) is 4.89. The summed E-state index contributed by atoms with van der Waals surface area (Å²) in [6.07, 6.45) is 1.82. The zero-order valence-corrected chi connectivity index (χ0v) is 16.1. The largest absolute Gasteiger partial charge is 0.382 e. The number of benzene rings is 1. The molecule has 4 rings (SSSR count). The number of ether oxygens (including phenoxy) is 1. The zero-order chi connectivity index (χ0) is 17.8. The Kier molecular flexibility index (Phi) is 5.43. The minimum absolute atomic E-state index is 0.827. The van der Waals surface area contributed by atoms with Crippen LogP contribution in [-0.4, -0.2) is 54.3 Å². The van der Waals surface area contributed by atoms with Gasteiger partial charge in [0.1, 0.15) is 5.52 Å². The summed E-state index contributed by atoms with van der Waals surface area (Å²) in [4.78, 5) is 11.7. The molecular formula is C20H21BrN4O. The lowest BCUT2D eigenvalue weighted by atomic mass is 10.1. The number of nitrogens with one attached hydrogen (secondary N) is 1. The first kappa shape index (κ1) is 17.4. The second kappa shape index (κ2) is 8.12. The van der Waals surface area contributed by atoms with E-state index >= 15 is 0 Å². The molecule has 1 aromatic carbocycles. The fourth-order valence-electron chi connectivity index (χ4n) is 3.14. The van der Waals surface area contributed by atoms with Gasteiger partial charge < -0.3 is 10.1 Å². The van der Waals surface area contributed by atoms with E-state index in [4.69, 9.17) is 9.72 Å². The minimum Gasteiger partial charge on any atom is -0.382 e. The third-order valence-electron chi connectivity index (χ3n) is 4.55. The molecule has 1 N–H and O–H groups in total. The van der Waals surface area contributed by atoms with Crippen LogP contribution in [-0.2, 0) is 4.74 Å². The molecule has 0 saturated carbocycles. The van der Waals surface area contributed by atoms with Crippen molar-refractivity contribution in [3.05, 3.63) is 53.1 Å². The summed E-state index contributed by atoms with van der Waals surface area (Å²) < 4.78 is 6.47. The van der Waals surface area contributed by atoms with Crippen LogP contribution in [0.4, 0.5) is 5.69 Å². The SMILES string of the molecule is Brc1ccc(-c2cc(NCCN3CCOCC3)c3ncccc3n2)cc1. The molecule has 134 valence electrons. The number of hydrogen-bond donors (Lipinski definition) is 1. The molecule has 0 bridgehead atoms. The van der Waals surface area contributed by atoms with Gasteiger partial charge in [-0.2, -0.15) is 0 Å². The highest BCUT2D eigenvalue weighted by molar-refractivity contribution is 9.10. The van der Waals surface area contributed by atoms with Gasteiger partial charge in [0.2, 0.25) is 0 Å². The number of morpholine rings is 1. The Hall–Kier alpha value is -2.02. The predicted octanol–water partition coefficient (Wildman–Crippen LogP) is 3.80. The monoisotopic (exact) mass is 412 g/mol. The molecule has 1 fully saturated rings. The lowest BCUT2D eigenvalue weighted by Gasteiger charge is -2.26. The summed E-state index contributed by atoms with van der Waals surface area (Å²) in [5.74, 6) is 0. The highest BCUT2D eigenvalue weighted by atomic mass is 79.9. The summed E-state index contributed by atoms with van der Waals surface area (Å²) in [5, 5.41) is 3.56. The molecular weight excluding hydrogens is 392 g/mol. The van der Waals surface area contributed by atoms with E-state index in [1.54, 1.807) is 0 Å². The van der Waals surface area contributed by atoms with Crippen molar-refractivity contribution < 1.29 is 4.74 Å². The molecule has 0 aliphatic carbocycles. The quantitative estimate of drug-likeness (QED) is 0.690. The molecule has 1 aliphatic heterocycles. The van der Waals surface area contributed by atoms with Crippen LogP contribution in [0.15, 0.2) is 53.1 Å². The van der Waals surface area contributed by atoms with Crippen molar-refractivity contribution in [3.63, 3.8) is 0 Å². The van der Waals surface area contributed by atoms with Crippen LogP contribution in [0, 0.1) is 0 Å². The number of rotatable bonds is 5. The number of anilines is 1. The third-order valence-corrected chi connectivity index (χ3v) is 5.08. The predicted molar refractivity (Wildman–Crippen MR) is 108 cm³/mol. The molecule has 0 amide bonds. The van der Waals surface area contributed by atoms with E-state index in [1.807, 2.05) is 30.5 Å². The fraction of sp³-hybridized carbons (Fsp3) is 0.300. The lowest BCUT2D eigenvalue weighted by Crippen LogP contribution is -2.39. The number of aromatic nitrogens is 2. The molecule has 0 spiro atoms. The number of halogens is 1. The molecule has 6 heteroatoms. The van der Waals surface area contributed by atoms with Crippen molar-refractivity contribution in [2.75, 3.05) is 44.7 Å². The van der Waals surface area contributed by atoms with Crippen LogP contribution in [0.25, 0.3) is 22.3 Å². The van der Waals surface area contributed by atoms with Crippen molar-refractivity contribution in [2.45, 2.75) is 0 Å². The van der Waals surface area contributed by atoms with Crippen LogP contribution in [0.2, 0.25) is 0 Å². The summed E-state index contributed by atoms with van der Waals surface area (Å²) >= 11 is 3.49. The van der Waals surface area contributed by atoms with E-state index in [9.17, 15) is 0 Å². The minimum atomic E-state index is 0.827. The van der Waals surface area contributed by atoms with Gasteiger partial charge in [-0.25, -0.2) is 4.98 Å². The maximum atomic E-state index is 5.41. The second-order valence-electron chi connectivity index (χ2n) is 6.31. The molecule has 0 unspecified atom stereocenters. The van der Waals surface area contributed by atoms with E-state index in [-0.39, 0.29) is 0 Å². The molecule has 5 nitrogen and oxygen atoms in total. The van der Waals surface area contributed by atoms with Crippen molar-refractivity contribution in [1.82, 2.24) is 14.9 Å². The fourth-order valence-corrected chi connectivity index (χ4v) is 3.40. The summed E-state index contributed by atoms with van der Waals surface area (Å²) in [7, 11) is 0. The van der Waals surface area contributed by atoms with Gasteiger partial charge in [-0.15, -0.1) is 0 Å². The number of nitrogens with zero attached hydrogens (tertiary/aromatic N) is 3. The molecule has 0 radical (unpaired) electrons. The molecule has 1 aliphatic rings. The number of hydrogen-bond acceptors (Lipinski definition) is 5. The Morgan fingerprint density at radius 2 is 1.92 bits per heavy atom. The first-order chi connectivity index (χ1) is 12.8. The van der Waals surface area contributed by atoms with Gasteiger partial charge >= 0.3 is 0 Å². The van der Waals surface area contributed by atoms with Crippen LogP contribution >= 0.6 is 15.9 Å². The van der Waals surface area contributed by atoms with Gasteiger partial charge in [0.25, 0.3) is 0 Å². The van der Waals surface area contributed by atoms with Gasteiger partial charge in [0, 0.05) is 42.4 Å². The number of fused-ring (bicyclic) bond motifs is 1. The van der Waals surface area contributed by atoms with Crippen molar-refractivity contribution in [2.24, 2.45) is 0 Å². The third kappa shape index (κ3) is 4.03. The van der Waals surface area contributed by atoms with Gasteiger partial charge in [-0.3, -0.25) is 9.88 Å². The van der Waals surface area contributed by atoms with Gasteiger partial charge in [-0.05, 0) is 30.3 Å². The smallest absolute Gasteiger partial charge is 0.112 e. The molecule has 1 saturated heterocycles. The highest BCUT2D eigenvalue weighted by Gasteiger charge is 2.11. The summed E-state index contributed by atoms with van der Waals surface area (Å²) in [6, 6.07) is 14.3. The van der Waals surface area contributed by atoms with Crippen LogP contribution < -0.4 is 5.32 Å². The van der Waals surface area contributed by atoms with Crippen molar-refractivity contribution in [1.29, 1.82) is 0 Å². The van der Waals surface area contributed by atoms with Gasteiger partial charge in [0.15, 0.2) is 0 Å². The molecule has 0 atom stereocenters.